The number of likely N-dealkylation sites (N-methyl/N-ethyl adjacent to an activating group) is 1. The molecule has 1 saturated heterocycles. The summed E-state index contributed by atoms with van der Waals surface area (Å²) in [6.07, 6.45) is 2.60. The predicted molar refractivity (Wildman–Crippen MR) is 78.3 cm³/mol. The maximum absolute atomic E-state index is 13.1. The number of ether oxygens (including phenoxy) is 1. The summed E-state index contributed by atoms with van der Waals surface area (Å²) in [7, 11) is 0. The number of rotatable bonds is 4. The Morgan fingerprint density at radius 1 is 1.52 bits per heavy atom. The van der Waals surface area contributed by atoms with Gasteiger partial charge in [-0.25, -0.2) is 0 Å². The van der Waals surface area contributed by atoms with Crippen LogP contribution in [0.3, 0.4) is 0 Å². The number of furan rings is 1. The van der Waals surface area contributed by atoms with Crippen LogP contribution >= 0.6 is 0 Å². The molecule has 1 aromatic heterocycles. The quantitative estimate of drug-likeness (QED) is 0.918. The highest BCUT2D eigenvalue weighted by Crippen LogP contribution is 2.58. The van der Waals surface area contributed by atoms with Gasteiger partial charge in [0.2, 0.25) is 5.91 Å². The molecular formula is C16H24N2O3. The van der Waals surface area contributed by atoms with Crippen LogP contribution in [-0.2, 0) is 16.1 Å². The van der Waals surface area contributed by atoms with Crippen molar-refractivity contribution in [2.24, 2.45) is 17.1 Å². The Labute approximate surface area is 125 Å². The molecule has 2 heterocycles. The van der Waals surface area contributed by atoms with Crippen molar-refractivity contribution in [3.63, 3.8) is 0 Å². The van der Waals surface area contributed by atoms with Gasteiger partial charge in [0.05, 0.1) is 18.9 Å². The fourth-order valence-electron chi connectivity index (χ4n) is 4.00. The molecule has 0 spiro atoms. The van der Waals surface area contributed by atoms with Crippen molar-refractivity contribution < 1.29 is 13.9 Å². The Balaban J connectivity index is 1.82. The lowest BCUT2D eigenvalue weighted by atomic mass is 9.47. The van der Waals surface area contributed by atoms with Gasteiger partial charge in [-0.3, -0.25) is 4.79 Å². The number of carbonyl (C=O) groups is 1. The van der Waals surface area contributed by atoms with Gasteiger partial charge in [-0.05, 0) is 25.5 Å². The molecule has 0 bridgehead atoms. The van der Waals surface area contributed by atoms with Crippen LogP contribution in [0.25, 0.3) is 0 Å². The van der Waals surface area contributed by atoms with Gasteiger partial charge >= 0.3 is 0 Å². The molecule has 0 radical (unpaired) electrons. The van der Waals surface area contributed by atoms with Crippen molar-refractivity contribution in [2.45, 2.75) is 45.4 Å². The Morgan fingerprint density at radius 2 is 2.29 bits per heavy atom. The lowest BCUT2D eigenvalue weighted by Gasteiger charge is -2.61. The van der Waals surface area contributed by atoms with Crippen molar-refractivity contribution >= 4 is 5.91 Å². The molecule has 2 N–H and O–H groups in total. The number of carbonyl (C=O) groups excluding carboxylic acids is 1. The standard InChI is InChI=1S/C16H24N2O3/c1-4-18(10-11-6-5-8-20-11)14(19)16(17)12-7-9-21-13(12)15(16,2)3/h5-6,8,12-13H,4,7,9-10,17H2,1-3H3. The molecule has 5 heteroatoms. The third-order valence-electron chi connectivity index (χ3n) is 5.40. The average Bonchev–Trinajstić information content (AvgIpc) is 3.13. The summed E-state index contributed by atoms with van der Waals surface area (Å²) in [4.78, 5) is 14.9. The van der Waals surface area contributed by atoms with Crippen LogP contribution in [0.2, 0.25) is 0 Å². The minimum Gasteiger partial charge on any atom is -0.467 e. The smallest absolute Gasteiger partial charge is 0.244 e. The Morgan fingerprint density at radius 3 is 2.90 bits per heavy atom. The van der Waals surface area contributed by atoms with Gasteiger partial charge in [0.15, 0.2) is 0 Å². The van der Waals surface area contributed by atoms with Crippen LogP contribution in [0.5, 0.6) is 0 Å². The molecule has 3 atom stereocenters. The molecule has 1 saturated carbocycles. The molecule has 3 rings (SSSR count). The second kappa shape index (κ2) is 4.85. The third kappa shape index (κ3) is 1.87. The van der Waals surface area contributed by atoms with Gasteiger partial charge in [-0.2, -0.15) is 0 Å². The van der Waals surface area contributed by atoms with Crippen molar-refractivity contribution in [1.29, 1.82) is 0 Å². The van der Waals surface area contributed by atoms with E-state index in [1.54, 1.807) is 11.2 Å². The normalized spacial score (nSPS) is 33.3. The highest BCUT2D eigenvalue weighted by Gasteiger charge is 2.71. The lowest BCUT2D eigenvalue weighted by molar-refractivity contribution is -0.184. The van der Waals surface area contributed by atoms with Gasteiger partial charge < -0.3 is 19.8 Å². The number of nitrogens with zero attached hydrogens (tertiary/aromatic N) is 1. The summed E-state index contributed by atoms with van der Waals surface area (Å²) in [6, 6.07) is 3.71. The van der Waals surface area contributed by atoms with Crippen molar-refractivity contribution in [1.82, 2.24) is 4.90 Å². The molecule has 1 aliphatic heterocycles. The van der Waals surface area contributed by atoms with E-state index < -0.39 is 5.54 Å². The van der Waals surface area contributed by atoms with Gasteiger partial charge in [0.1, 0.15) is 11.3 Å². The monoisotopic (exact) mass is 292 g/mol. The number of fused-ring (bicyclic) bond motifs is 1. The van der Waals surface area contributed by atoms with E-state index in [9.17, 15) is 4.79 Å². The molecule has 1 amide bonds. The topological polar surface area (TPSA) is 68.7 Å². The van der Waals surface area contributed by atoms with Crippen molar-refractivity contribution in [3.8, 4) is 0 Å². The van der Waals surface area contributed by atoms with E-state index >= 15 is 0 Å². The van der Waals surface area contributed by atoms with Crippen LogP contribution < -0.4 is 5.73 Å². The van der Waals surface area contributed by atoms with Crippen molar-refractivity contribution in [2.75, 3.05) is 13.2 Å². The second-order valence-corrected chi connectivity index (χ2v) is 6.68. The number of hydrogen-bond acceptors (Lipinski definition) is 4. The zero-order valence-corrected chi connectivity index (χ0v) is 13.0. The first-order chi connectivity index (χ1) is 9.92. The minimum absolute atomic E-state index is 0.0122. The van der Waals surface area contributed by atoms with E-state index in [4.69, 9.17) is 14.9 Å². The molecule has 3 unspecified atom stereocenters. The van der Waals surface area contributed by atoms with Gasteiger partial charge in [0.25, 0.3) is 0 Å². The van der Waals surface area contributed by atoms with Crippen LogP contribution in [0.4, 0.5) is 0 Å². The summed E-state index contributed by atoms with van der Waals surface area (Å²) in [6.45, 7) is 7.84. The first-order valence-electron chi connectivity index (χ1n) is 7.65. The second-order valence-electron chi connectivity index (χ2n) is 6.68. The number of nitrogens with two attached hydrogens (primary N) is 1. The summed E-state index contributed by atoms with van der Waals surface area (Å²) < 4.78 is 11.1. The van der Waals surface area contributed by atoms with E-state index in [0.29, 0.717) is 19.7 Å². The fraction of sp³-hybridized carbons (Fsp3) is 0.688. The van der Waals surface area contributed by atoms with Crippen molar-refractivity contribution in [3.05, 3.63) is 24.2 Å². The Kier molecular flexibility index (Phi) is 3.37. The summed E-state index contributed by atoms with van der Waals surface area (Å²) in [5, 5.41) is 0. The molecule has 1 aromatic rings. The summed E-state index contributed by atoms with van der Waals surface area (Å²) in [5.41, 5.74) is 5.44. The van der Waals surface area contributed by atoms with Crippen LogP contribution in [0.1, 0.15) is 33.0 Å². The molecule has 1 aliphatic carbocycles. The SMILES string of the molecule is CCN(Cc1ccco1)C(=O)C1(N)C2CCOC2C1(C)C. The fourth-order valence-corrected chi connectivity index (χ4v) is 4.00. The number of hydrogen-bond donors (Lipinski definition) is 1. The van der Waals surface area contributed by atoms with E-state index in [1.165, 1.54) is 0 Å². The number of amides is 1. The largest absolute Gasteiger partial charge is 0.467 e. The highest BCUT2D eigenvalue weighted by molar-refractivity contribution is 5.89. The highest BCUT2D eigenvalue weighted by atomic mass is 16.5. The Bertz CT molecular complexity index is 526. The molecule has 2 fully saturated rings. The maximum Gasteiger partial charge on any atom is 0.244 e. The zero-order valence-electron chi connectivity index (χ0n) is 13.0. The van der Waals surface area contributed by atoms with Gasteiger partial charge in [0, 0.05) is 24.5 Å². The molecule has 0 aromatic carbocycles. The van der Waals surface area contributed by atoms with E-state index in [2.05, 4.69) is 0 Å². The van der Waals surface area contributed by atoms with Crippen LogP contribution in [0.15, 0.2) is 22.8 Å². The summed E-state index contributed by atoms with van der Waals surface area (Å²) in [5.74, 6) is 0.925. The predicted octanol–water partition coefficient (Wildman–Crippen LogP) is 1.77. The zero-order chi connectivity index (χ0) is 15.3. The van der Waals surface area contributed by atoms with Crippen LogP contribution in [0, 0.1) is 11.3 Å². The maximum atomic E-state index is 13.1. The third-order valence-corrected chi connectivity index (χ3v) is 5.40. The lowest BCUT2D eigenvalue weighted by Crippen LogP contribution is -2.80. The summed E-state index contributed by atoms with van der Waals surface area (Å²) >= 11 is 0. The van der Waals surface area contributed by atoms with E-state index in [0.717, 1.165) is 12.2 Å². The van der Waals surface area contributed by atoms with E-state index in [-0.39, 0.29) is 23.3 Å². The van der Waals surface area contributed by atoms with Gasteiger partial charge in [-0.15, -0.1) is 0 Å². The molecule has 21 heavy (non-hydrogen) atoms. The molecule has 116 valence electrons. The Hall–Kier alpha value is -1.33. The first kappa shape index (κ1) is 14.6. The molecular weight excluding hydrogens is 268 g/mol. The van der Waals surface area contributed by atoms with Gasteiger partial charge in [-0.1, -0.05) is 13.8 Å². The molecule has 5 nitrogen and oxygen atoms in total. The van der Waals surface area contributed by atoms with E-state index in [1.807, 2.05) is 32.9 Å². The molecule has 2 aliphatic rings. The average molecular weight is 292 g/mol. The first-order valence-corrected chi connectivity index (χ1v) is 7.65. The minimum atomic E-state index is -0.837. The van der Waals surface area contributed by atoms with Crippen LogP contribution in [-0.4, -0.2) is 35.6 Å².